The lowest BCUT2D eigenvalue weighted by atomic mass is 10.0. The van der Waals surface area contributed by atoms with E-state index < -0.39 is 0 Å². The van der Waals surface area contributed by atoms with E-state index >= 15 is 0 Å². The summed E-state index contributed by atoms with van der Waals surface area (Å²) in [5, 5.41) is 12.4. The molecule has 1 saturated carbocycles. The maximum Gasteiger partial charge on any atom is 0.263 e. The Hall–Kier alpha value is -4.23. The first kappa shape index (κ1) is 32.2. The predicted octanol–water partition coefficient (Wildman–Crippen LogP) is 3.66. The fourth-order valence-corrected chi connectivity index (χ4v) is 6.40. The molecule has 0 atom stereocenters. The first-order valence-electron chi connectivity index (χ1n) is 15.8. The molecular formula is C32H42N8O5. The Kier molecular flexibility index (Phi) is 10.5. The number of anilines is 2. The molecule has 0 unspecified atom stereocenters. The molecule has 5 rings (SSSR count). The number of hydrogen-bond acceptors (Lipinski definition) is 10. The van der Waals surface area contributed by atoms with Crippen molar-refractivity contribution in [3.8, 4) is 0 Å². The fraction of sp³-hybridized carbons (Fsp3) is 0.531. The average Bonchev–Trinajstić information content (AvgIpc) is 3.55. The Labute approximate surface area is 262 Å². The molecule has 2 fully saturated rings. The highest BCUT2D eigenvalue weighted by Crippen LogP contribution is 2.32. The van der Waals surface area contributed by atoms with E-state index in [2.05, 4.69) is 20.2 Å². The standard InChI is InChI=1S/C32H42N8O5/c1-21-25-18-34-32(36-30(25)40(24-9-6-7-10-24)31(44)29(21)22(2)41)35-26-13-12-23(17-33-26)19-38-15-16-39(28(43)20-38)14-8-4-3-5-11-27(42)37-45/h12-13,17-18,24,45H,3-11,14-16,19-20H2,1-2H3,(H,37,42)(H,33,34,35,36). The number of fused-ring (bicyclic) bond motifs is 1. The van der Waals surface area contributed by atoms with Crippen LogP contribution in [-0.4, -0.2) is 78.3 Å². The number of hydrogen-bond donors (Lipinski definition) is 3. The summed E-state index contributed by atoms with van der Waals surface area (Å²) in [6, 6.07) is 3.81. The van der Waals surface area contributed by atoms with Crippen molar-refractivity contribution in [2.24, 2.45) is 0 Å². The van der Waals surface area contributed by atoms with Crippen molar-refractivity contribution in [2.45, 2.75) is 84.2 Å². The van der Waals surface area contributed by atoms with Crippen molar-refractivity contribution in [3.05, 3.63) is 51.6 Å². The molecule has 0 spiro atoms. The number of aryl methyl sites for hydroxylation is 1. The first-order chi connectivity index (χ1) is 21.7. The molecule has 13 nitrogen and oxygen atoms in total. The van der Waals surface area contributed by atoms with Crippen LogP contribution in [-0.2, 0) is 16.1 Å². The van der Waals surface area contributed by atoms with Crippen LogP contribution >= 0.6 is 0 Å². The zero-order valence-corrected chi connectivity index (χ0v) is 26.0. The number of carbonyl (C=O) groups excluding carboxylic acids is 3. The topological polar surface area (TPSA) is 163 Å². The summed E-state index contributed by atoms with van der Waals surface area (Å²) in [6.45, 7) is 6.34. The first-order valence-corrected chi connectivity index (χ1v) is 15.8. The number of amides is 2. The van der Waals surface area contributed by atoms with Crippen LogP contribution in [0.1, 0.15) is 92.2 Å². The van der Waals surface area contributed by atoms with Crippen LogP contribution in [0.4, 0.5) is 11.8 Å². The van der Waals surface area contributed by atoms with Gasteiger partial charge in [0.05, 0.1) is 12.1 Å². The highest BCUT2D eigenvalue weighted by Gasteiger charge is 2.26. The van der Waals surface area contributed by atoms with Crippen LogP contribution in [0.15, 0.2) is 29.3 Å². The smallest absolute Gasteiger partial charge is 0.263 e. The Morgan fingerprint density at radius 3 is 2.49 bits per heavy atom. The van der Waals surface area contributed by atoms with E-state index in [0.717, 1.165) is 63.5 Å². The summed E-state index contributed by atoms with van der Waals surface area (Å²) in [4.78, 5) is 67.4. The predicted molar refractivity (Wildman–Crippen MR) is 168 cm³/mol. The molecule has 3 aromatic rings. The summed E-state index contributed by atoms with van der Waals surface area (Å²) in [7, 11) is 0. The third kappa shape index (κ3) is 7.71. The monoisotopic (exact) mass is 618 g/mol. The van der Waals surface area contributed by atoms with Gasteiger partial charge in [-0.05, 0) is 56.7 Å². The van der Waals surface area contributed by atoms with Gasteiger partial charge in [-0.25, -0.2) is 15.4 Å². The highest BCUT2D eigenvalue weighted by atomic mass is 16.5. The van der Waals surface area contributed by atoms with Gasteiger partial charge in [-0.15, -0.1) is 0 Å². The van der Waals surface area contributed by atoms with E-state index in [1.54, 1.807) is 29.4 Å². The number of piperazine rings is 1. The number of rotatable bonds is 13. The average molecular weight is 619 g/mol. The Morgan fingerprint density at radius 2 is 1.80 bits per heavy atom. The fourth-order valence-electron chi connectivity index (χ4n) is 6.40. The van der Waals surface area contributed by atoms with E-state index in [9.17, 15) is 19.2 Å². The molecule has 2 aliphatic rings. The third-order valence-electron chi connectivity index (χ3n) is 8.83. The molecule has 45 heavy (non-hydrogen) atoms. The van der Waals surface area contributed by atoms with Crippen LogP contribution in [0.5, 0.6) is 0 Å². The van der Waals surface area contributed by atoms with Gasteiger partial charge in [-0.3, -0.25) is 33.9 Å². The van der Waals surface area contributed by atoms with E-state index in [0.29, 0.717) is 61.0 Å². The Balaban J connectivity index is 1.18. The molecule has 240 valence electrons. The second-order valence-electron chi connectivity index (χ2n) is 12.1. The zero-order chi connectivity index (χ0) is 31.9. The molecule has 2 amide bonds. The largest absolute Gasteiger partial charge is 0.340 e. The minimum atomic E-state index is -0.366. The summed E-state index contributed by atoms with van der Waals surface area (Å²) in [5.41, 5.74) is 3.68. The van der Waals surface area contributed by atoms with Crippen molar-refractivity contribution in [1.82, 2.24) is 34.8 Å². The van der Waals surface area contributed by atoms with Crippen LogP contribution in [0.3, 0.4) is 0 Å². The number of Topliss-reactive ketones (excluding diaryl/α,β-unsaturated/α-hetero) is 1. The summed E-state index contributed by atoms with van der Waals surface area (Å²) < 4.78 is 1.69. The van der Waals surface area contributed by atoms with E-state index in [1.165, 1.54) is 6.92 Å². The van der Waals surface area contributed by atoms with E-state index in [4.69, 9.17) is 10.2 Å². The molecule has 0 bridgehead atoms. The summed E-state index contributed by atoms with van der Waals surface area (Å²) in [5.74, 6) is 0.375. The molecular weight excluding hydrogens is 576 g/mol. The molecule has 0 radical (unpaired) electrons. The lowest BCUT2D eigenvalue weighted by molar-refractivity contribution is -0.136. The maximum absolute atomic E-state index is 13.5. The summed E-state index contributed by atoms with van der Waals surface area (Å²) in [6.07, 6.45) is 11.0. The normalized spacial score (nSPS) is 16.0. The van der Waals surface area contributed by atoms with Crippen LogP contribution < -0.4 is 16.4 Å². The van der Waals surface area contributed by atoms with Crippen LogP contribution in [0, 0.1) is 6.92 Å². The SMILES string of the molecule is CC(=O)c1c(C)c2cnc(Nc3ccc(CN4CCN(CCCCCCC(=O)NO)C(=O)C4)cn3)nc2n(C2CCCC2)c1=O. The van der Waals surface area contributed by atoms with E-state index in [1.807, 2.05) is 17.0 Å². The number of nitrogens with one attached hydrogen (secondary N) is 2. The number of hydroxylamine groups is 1. The van der Waals surface area contributed by atoms with Gasteiger partial charge in [0.25, 0.3) is 5.56 Å². The molecule has 3 N–H and O–H groups in total. The lowest BCUT2D eigenvalue weighted by Crippen LogP contribution is -2.50. The van der Waals surface area contributed by atoms with Gasteiger partial charge in [0.2, 0.25) is 17.8 Å². The van der Waals surface area contributed by atoms with Gasteiger partial charge < -0.3 is 10.2 Å². The quantitative estimate of drug-likeness (QED) is 0.112. The van der Waals surface area contributed by atoms with Gasteiger partial charge in [-0.2, -0.15) is 4.98 Å². The molecule has 1 aliphatic heterocycles. The molecule has 0 aromatic carbocycles. The minimum absolute atomic E-state index is 0.00597. The zero-order valence-electron chi connectivity index (χ0n) is 26.0. The molecule has 13 heteroatoms. The number of carbonyl (C=O) groups is 3. The second-order valence-corrected chi connectivity index (χ2v) is 12.1. The number of unbranched alkanes of at least 4 members (excludes halogenated alkanes) is 3. The second kappa shape index (κ2) is 14.7. The number of nitrogens with zero attached hydrogens (tertiary/aromatic N) is 6. The van der Waals surface area contributed by atoms with Crippen molar-refractivity contribution in [2.75, 3.05) is 31.5 Å². The van der Waals surface area contributed by atoms with Crippen molar-refractivity contribution < 1.29 is 19.6 Å². The van der Waals surface area contributed by atoms with Crippen LogP contribution in [0.2, 0.25) is 0 Å². The molecule has 1 aliphatic carbocycles. The summed E-state index contributed by atoms with van der Waals surface area (Å²) >= 11 is 0. The maximum atomic E-state index is 13.5. The molecule has 4 heterocycles. The number of aromatic nitrogens is 4. The van der Waals surface area contributed by atoms with E-state index in [-0.39, 0.29) is 34.8 Å². The number of ketones is 1. The van der Waals surface area contributed by atoms with Crippen molar-refractivity contribution >= 4 is 40.4 Å². The lowest BCUT2D eigenvalue weighted by Gasteiger charge is -2.34. The van der Waals surface area contributed by atoms with Crippen molar-refractivity contribution in [1.29, 1.82) is 0 Å². The van der Waals surface area contributed by atoms with Gasteiger partial charge in [0.1, 0.15) is 11.5 Å². The van der Waals surface area contributed by atoms with Gasteiger partial charge in [-0.1, -0.05) is 31.7 Å². The Morgan fingerprint density at radius 1 is 1.02 bits per heavy atom. The van der Waals surface area contributed by atoms with Gasteiger partial charge in [0.15, 0.2) is 5.78 Å². The minimum Gasteiger partial charge on any atom is -0.340 e. The molecule has 3 aromatic heterocycles. The number of pyridine rings is 2. The molecule has 1 saturated heterocycles. The third-order valence-corrected chi connectivity index (χ3v) is 8.83. The van der Waals surface area contributed by atoms with Gasteiger partial charge in [0, 0.05) is 56.4 Å². The van der Waals surface area contributed by atoms with Crippen molar-refractivity contribution in [3.63, 3.8) is 0 Å². The Bertz CT molecular complexity index is 1600. The van der Waals surface area contributed by atoms with Crippen LogP contribution in [0.25, 0.3) is 11.0 Å². The highest BCUT2D eigenvalue weighted by molar-refractivity contribution is 5.99. The van der Waals surface area contributed by atoms with Gasteiger partial charge >= 0.3 is 0 Å².